The zero-order valence-corrected chi connectivity index (χ0v) is 13.8. The van der Waals surface area contributed by atoms with E-state index in [0.717, 1.165) is 12.2 Å². The van der Waals surface area contributed by atoms with E-state index < -0.39 is 0 Å². The smallest absolute Gasteiger partial charge is 0.119 e. The lowest BCUT2D eigenvalue weighted by atomic mass is 10.1. The van der Waals surface area contributed by atoms with Gasteiger partial charge in [0.15, 0.2) is 0 Å². The van der Waals surface area contributed by atoms with Crippen LogP contribution in [0, 0.1) is 0 Å². The zero-order chi connectivity index (χ0) is 15.4. The van der Waals surface area contributed by atoms with Gasteiger partial charge < -0.3 is 4.74 Å². The molecule has 0 atom stereocenters. The lowest BCUT2D eigenvalue weighted by Gasteiger charge is -2.01. The van der Waals surface area contributed by atoms with Crippen LogP contribution in [0.1, 0.15) is 29.9 Å². The molecule has 0 saturated carbocycles. The van der Waals surface area contributed by atoms with Gasteiger partial charge in [0.05, 0.1) is 6.61 Å². The molecule has 22 heavy (non-hydrogen) atoms. The van der Waals surface area contributed by atoms with Crippen molar-refractivity contribution in [2.45, 2.75) is 20.3 Å². The summed E-state index contributed by atoms with van der Waals surface area (Å²) < 4.78 is 6.83. The standard InChI is InChI=1S/C20H20OS/c1-3-15-5-9-17-14-19(22-20(17)13-15)12-8-16-6-10-18(11-7-16)21-4-2/h5-14H,3-4H2,1-2H3/b12-8+. The largest absolute Gasteiger partial charge is 0.494 e. The highest BCUT2D eigenvalue weighted by atomic mass is 32.1. The van der Waals surface area contributed by atoms with E-state index in [1.165, 1.54) is 26.1 Å². The molecule has 1 heterocycles. The third-order valence-electron chi connectivity index (χ3n) is 3.64. The molecule has 112 valence electrons. The van der Waals surface area contributed by atoms with Crippen molar-refractivity contribution in [3.63, 3.8) is 0 Å². The molecule has 0 aliphatic carbocycles. The summed E-state index contributed by atoms with van der Waals surface area (Å²) in [5.74, 6) is 0.925. The molecular formula is C20H20OS. The van der Waals surface area contributed by atoms with E-state index in [4.69, 9.17) is 4.74 Å². The maximum absolute atomic E-state index is 5.46. The molecule has 0 bridgehead atoms. The molecule has 0 aliphatic rings. The van der Waals surface area contributed by atoms with Crippen LogP contribution in [0.2, 0.25) is 0 Å². The number of thiophene rings is 1. The average Bonchev–Trinajstić information content (AvgIpc) is 2.96. The summed E-state index contributed by atoms with van der Waals surface area (Å²) in [4.78, 5) is 1.29. The first kappa shape index (κ1) is 14.9. The van der Waals surface area contributed by atoms with Crippen molar-refractivity contribution in [1.82, 2.24) is 0 Å². The molecule has 2 heteroatoms. The summed E-state index contributed by atoms with van der Waals surface area (Å²) in [6.07, 6.45) is 5.43. The van der Waals surface area contributed by atoms with Crippen molar-refractivity contribution >= 4 is 33.6 Å². The summed E-state index contributed by atoms with van der Waals surface area (Å²) in [5.41, 5.74) is 2.59. The van der Waals surface area contributed by atoms with Crippen molar-refractivity contribution in [1.29, 1.82) is 0 Å². The highest BCUT2D eigenvalue weighted by molar-refractivity contribution is 7.19. The van der Waals surface area contributed by atoms with Gasteiger partial charge in [-0.1, -0.05) is 37.3 Å². The van der Waals surface area contributed by atoms with Crippen LogP contribution in [0.15, 0.2) is 48.5 Å². The Hall–Kier alpha value is -2.06. The summed E-state index contributed by atoms with van der Waals surface area (Å²) in [6.45, 7) is 4.90. The van der Waals surface area contributed by atoms with Gasteiger partial charge in [-0.15, -0.1) is 11.3 Å². The molecule has 3 rings (SSSR count). The number of hydrogen-bond acceptors (Lipinski definition) is 2. The predicted octanol–water partition coefficient (Wildman–Crippen LogP) is 6.03. The summed E-state index contributed by atoms with van der Waals surface area (Å²) in [7, 11) is 0. The number of fused-ring (bicyclic) bond motifs is 1. The van der Waals surface area contributed by atoms with Gasteiger partial charge in [-0.05, 0) is 60.2 Å². The van der Waals surface area contributed by atoms with Gasteiger partial charge >= 0.3 is 0 Å². The first-order chi connectivity index (χ1) is 10.8. The highest BCUT2D eigenvalue weighted by Gasteiger charge is 2.00. The van der Waals surface area contributed by atoms with Gasteiger partial charge in [0.1, 0.15) is 5.75 Å². The molecule has 1 aromatic heterocycles. The van der Waals surface area contributed by atoms with Crippen molar-refractivity contribution in [3.05, 3.63) is 64.5 Å². The molecule has 0 saturated heterocycles. The fourth-order valence-electron chi connectivity index (χ4n) is 2.42. The molecule has 1 nitrogen and oxygen atoms in total. The third-order valence-corrected chi connectivity index (χ3v) is 4.71. The normalized spacial score (nSPS) is 11.4. The first-order valence-corrected chi connectivity index (χ1v) is 8.53. The lowest BCUT2D eigenvalue weighted by molar-refractivity contribution is 0.340. The highest BCUT2D eigenvalue weighted by Crippen LogP contribution is 2.28. The van der Waals surface area contributed by atoms with Crippen LogP contribution < -0.4 is 4.74 Å². The van der Waals surface area contributed by atoms with Crippen LogP contribution in [-0.4, -0.2) is 6.61 Å². The van der Waals surface area contributed by atoms with Crippen LogP contribution in [0.5, 0.6) is 5.75 Å². The van der Waals surface area contributed by atoms with E-state index in [2.05, 4.69) is 55.5 Å². The summed E-state index contributed by atoms with van der Waals surface area (Å²) in [5, 5.41) is 1.33. The molecular weight excluding hydrogens is 288 g/mol. The fourth-order valence-corrected chi connectivity index (χ4v) is 3.45. The van der Waals surface area contributed by atoms with E-state index in [0.29, 0.717) is 6.61 Å². The van der Waals surface area contributed by atoms with Crippen LogP contribution in [0.4, 0.5) is 0 Å². The Bertz CT molecular complexity index is 781. The molecule has 3 aromatic rings. The maximum atomic E-state index is 5.46. The van der Waals surface area contributed by atoms with Gasteiger partial charge in [0.25, 0.3) is 0 Å². The Morgan fingerprint density at radius 1 is 0.955 bits per heavy atom. The Morgan fingerprint density at radius 3 is 2.50 bits per heavy atom. The van der Waals surface area contributed by atoms with Gasteiger partial charge in [0, 0.05) is 9.58 Å². The summed E-state index contributed by atoms with van der Waals surface area (Å²) in [6, 6.07) is 17.2. The van der Waals surface area contributed by atoms with Gasteiger partial charge in [0.2, 0.25) is 0 Å². The minimum Gasteiger partial charge on any atom is -0.494 e. The van der Waals surface area contributed by atoms with E-state index in [1.807, 2.05) is 30.4 Å². The molecule has 0 aliphatic heterocycles. The van der Waals surface area contributed by atoms with Crippen LogP contribution in [0.3, 0.4) is 0 Å². The quantitative estimate of drug-likeness (QED) is 0.559. The Morgan fingerprint density at radius 2 is 1.77 bits per heavy atom. The summed E-state index contributed by atoms with van der Waals surface area (Å²) >= 11 is 1.85. The van der Waals surface area contributed by atoms with Crippen molar-refractivity contribution < 1.29 is 4.74 Å². The molecule has 0 spiro atoms. The SMILES string of the molecule is CCOc1ccc(/C=C/c2cc3ccc(CC)cc3s2)cc1. The minimum absolute atomic E-state index is 0.705. The second kappa shape index (κ2) is 6.80. The second-order valence-electron chi connectivity index (χ2n) is 5.21. The number of aryl methyl sites for hydroxylation is 1. The molecule has 0 fully saturated rings. The molecule has 0 radical (unpaired) electrons. The second-order valence-corrected chi connectivity index (χ2v) is 6.33. The average molecular weight is 308 g/mol. The maximum Gasteiger partial charge on any atom is 0.119 e. The van der Waals surface area contributed by atoms with E-state index in [-0.39, 0.29) is 0 Å². The zero-order valence-electron chi connectivity index (χ0n) is 13.0. The molecule has 0 amide bonds. The fraction of sp³-hybridized carbons (Fsp3) is 0.200. The molecule has 2 aromatic carbocycles. The monoisotopic (exact) mass is 308 g/mol. The molecule has 0 N–H and O–H groups in total. The van der Waals surface area contributed by atoms with Crippen LogP contribution >= 0.6 is 11.3 Å². The number of rotatable bonds is 5. The van der Waals surface area contributed by atoms with E-state index in [1.54, 1.807) is 0 Å². The van der Waals surface area contributed by atoms with E-state index in [9.17, 15) is 0 Å². The predicted molar refractivity (Wildman–Crippen MR) is 97.7 cm³/mol. The Kier molecular flexibility index (Phi) is 4.59. The van der Waals surface area contributed by atoms with Crippen LogP contribution in [0.25, 0.3) is 22.2 Å². The number of hydrogen-bond donors (Lipinski definition) is 0. The van der Waals surface area contributed by atoms with E-state index >= 15 is 0 Å². The third kappa shape index (κ3) is 3.40. The van der Waals surface area contributed by atoms with Crippen LogP contribution in [-0.2, 0) is 6.42 Å². The van der Waals surface area contributed by atoms with Gasteiger partial charge in [-0.3, -0.25) is 0 Å². The van der Waals surface area contributed by atoms with Crippen molar-refractivity contribution in [2.24, 2.45) is 0 Å². The van der Waals surface area contributed by atoms with Gasteiger partial charge in [-0.2, -0.15) is 0 Å². The van der Waals surface area contributed by atoms with Gasteiger partial charge in [-0.25, -0.2) is 0 Å². The first-order valence-electron chi connectivity index (χ1n) is 7.72. The number of benzene rings is 2. The minimum atomic E-state index is 0.705. The van der Waals surface area contributed by atoms with Crippen molar-refractivity contribution in [3.8, 4) is 5.75 Å². The molecule has 0 unspecified atom stereocenters. The topological polar surface area (TPSA) is 9.23 Å². The number of ether oxygens (including phenoxy) is 1. The lowest BCUT2D eigenvalue weighted by Crippen LogP contribution is -1.90. The Balaban J connectivity index is 1.79. The van der Waals surface area contributed by atoms with Crippen molar-refractivity contribution in [2.75, 3.05) is 6.61 Å². The Labute approximate surface area is 135 Å².